The molecule has 1 fully saturated rings. The summed E-state index contributed by atoms with van der Waals surface area (Å²) in [4.78, 5) is 4.27. The van der Waals surface area contributed by atoms with E-state index in [1.54, 1.807) is 7.05 Å². The molecule has 4 heteroatoms. The number of nitrogens with one attached hydrogen (secondary N) is 2. The number of aliphatic imine (C=N–C) groups is 1. The summed E-state index contributed by atoms with van der Waals surface area (Å²) in [7, 11) is 1.81. The normalized spacial score (nSPS) is 20.3. The standard InChI is InChI=1S/C17H27N3O/c1-13-6-8-15(9-7-13)14(2)11-19-17(18-3)20-12-16-5-4-10-21-16/h6-9,14,16H,4-5,10-12H2,1-3H3,(H2,18,19,20). The largest absolute Gasteiger partial charge is 0.376 e. The number of ether oxygens (including phenoxy) is 1. The van der Waals surface area contributed by atoms with Gasteiger partial charge in [-0.05, 0) is 31.2 Å². The van der Waals surface area contributed by atoms with E-state index in [1.807, 2.05) is 0 Å². The third kappa shape index (κ3) is 5.05. The summed E-state index contributed by atoms with van der Waals surface area (Å²) in [6.07, 6.45) is 2.64. The molecule has 0 bridgehead atoms. The number of hydrogen-bond acceptors (Lipinski definition) is 2. The summed E-state index contributed by atoms with van der Waals surface area (Å²) in [6, 6.07) is 8.72. The zero-order valence-electron chi connectivity index (χ0n) is 13.4. The molecule has 2 atom stereocenters. The van der Waals surface area contributed by atoms with Crippen molar-refractivity contribution in [3.8, 4) is 0 Å². The Morgan fingerprint density at radius 2 is 2.10 bits per heavy atom. The van der Waals surface area contributed by atoms with E-state index in [2.05, 4.69) is 53.7 Å². The summed E-state index contributed by atoms with van der Waals surface area (Å²) in [5, 5.41) is 6.73. The Labute approximate surface area is 128 Å². The molecule has 2 unspecified atom stereocenters. The summed E-state index contributed by atoms with van der Waals surface area (Å²) in [5.41, 5.74) is 2.65. The van der Waals surface area contributed by atoms with Crippen LogP contribution in [0.25, 0.3) is 0 Å². The smallest absolute Gasteiger partial charge is 0.191 e. The van der Waals surface area contributed by atoms with E-state index >= 15 is 0 Å². The molecule has 116 valence electrons. The van der Waals surface area contributed by atoms with Crippen LogP contribution in [-0.2, 0) is 4.74 Å². The van der Waals surface area contributed by atoms with Gasteiger partial charge >= 0.3 is 0 Å². The first kappa shape index (κ1) is 15.8. The monoisotopic (exact) mass is 289 g/mol. The maximum absolute atomic E-state index is 5.61. The van der Waals surface area contributed by atoms with Crippen molar-refractivity contribution in [1.29, 1.82) is 0 Å². The summed E-state index contributed by atoms with van der Waals surface area (Å²) >= 11 is 0. The lowest BCUT2D eigenvalue weighted by atomic mass is 10.0. The molecule has 1 aliphatic heterocycles. The molecule has 0 radical (unpaired) electrons. The number of hydrogen-bond donors (Lipinski definition) is 2. The molecule has 0 aliphatic carbocycles. The van der Waals surface area contributed by atoms with Gasteiger partial charge in [-0.15, -0.1) is 0 Å². The zero-order valence-corrected chi connectivity index (χ0v) is 13.4. The molecule has 0 spiro atoms. The van der Waals surface area contributed by atoms with Gasteiger partial charge in [0.1, 0.15) is 0 Å². The van der Waals surface area contributed by atoms with Gasteiger partial charge < -0.3 is 15.4 Å². The van der Waals surface area contributed by atoms with Gasteiger partial charge in [-0.1, -0.05) is 36.8 Å². The lowest BCUT2D eigenvalue weighted by Gasteiger charge is -2.18. The predicted octanol–water partition coefficient (Wildman–Crippen LogP) is 2.44. The molecule has 1 saturated heterocycles. The number of nitrogens with zero attached hydrogens (tertiary/aromatic N) is 1. The molecule has 1 aliphatic rings. The topological polar surface area (TPSA) is 45.7 Å². The molecule has 1 aromatic rings. The van der Waals surface area contributed by atoms with E-state index in [0.29, 0.717) is 12.0 Å². The summed E-state index contributed by atoms with van der Waals surface area (Å²) in [5.74, 6) is 1.30. The average molecular weight is 289 g/mol. The molecular weight excluding hydrogens is 262 g/mol. The van der Waals surface area contributed by atoms with Crippen LogP contribution in [0.4, 0.5) is 0 Å². The first-order valence-electron chi connectivity index (χ1n) is 7.81. The lowest BCUT2D eigenvalue weighted by molar-refractivity contribution is 0.114. The Bertz CT molecular complexity index is 450. The van der Waals surface area contributed by atoms with Crippen LogP contribution < -0.4 is 10.6 Å². The predicted molar refractivity (Wildman–Crippen MR) is 87.9 cm³/mol. The quantitative estimate of drug-likeness (QED) is 0.646. The minimum atomic E-state index is 0.332. The fourth-order valence-electron chi connectivity index (χ4n) is 2.50. The highest BCUT2D eigenvalue weighted by Crippen LogP contribution is 2.14. The third-order valence-corrected chi connectivity index (χ3v) is 3.97. The van der Waals surface area contributed by atoms with Gasteiger partial charge in [0.25, 0.3) is 0 Å². The molecule has 21 heavy (non-hydrogen) atoms. The van der Waals surface area contributed by atoms with E-state index in [4.69, 9.17) is 4.74 Å². The minimum absolute atomic E-state index is 0.332. The minimum Gasteiger partial charge on any atom is -0.376 e. The summed E-state index contributed by atoms with van der Waals surface area (Å²) in [6.45, 7) is 6.93. The SMILES string of the molecule is CN=C(NCC1CCCO1)NCC(C)c1ccc(C)cc1. The Kier molecular flexibility index (Phi) is 6.05. The van der Waals surface area contributed by atoms with E-state index in [0.717, 1.165) is 32.1 Å². The maximum atomic E-state index is 5.61. The van der Waals surface area contributed by atoms with Gasteiger partial charge in [0.2, 0.25) is 0 Å². The molecule has 2 N–H and O–H groups in total. The van der Waals surface area contributed by atoms with Crippen LogP contribution in [0.2, 0.25) is 0 Å². The Morgan fingerprint density at radius 3 is 2.71 bits per heavy atom. The molecule has 2 rings (SSSR count). The van der Waals surface area contributed by atoms with Gasteiger partial charge in [0.15, 0.2) is 5.96 Å². The maximum Gasteiger partial charge on any atom is 0.191 e. The second-order valence-electron chi connectivity index (χ2n) is 5.78. The summed E-state index contributed by atoms with van der Waals surface area (Å²) < 4.78 is 5.61. The Hall–Kier alpha value is -1.55. The van der Waals surface area contributed by atoms with Gasteiger partial charge in [0.05, 0.1) is 6.10 Å². The van der Waals surface area contributed by atoms with E-state index in [9.17, 15) is 0 Å². The molecule has 1 heterocycles. The molecule has 0 aromatic heterocycles. The number of guanidine groups is 1. The first-order chi connectivity index (χ1) is 10.2. The van der Waals surface area contributed by atoms with Crippen molar-refractivity contribution in [1.82, 2.24) is 10.6 Å². The van der Waals surface area contributed by atoms with Gasteiger partial charge in [-0.2, -0.15) is 0 Å². The van der Waals surface area contributed by atoms with Crippen molar-refractivity contribution >= 4 is 5.96 Å². The van der Waals surface area contributed by atoms with Crippen LogP contribution in [0.15, 0.2) is 29.3 Å². The van der Waals surface area contributed by atoms with Crippen LogP contribution in [-0.4, -0.2) is 38.8 Å². The highest BCUT2D eigenvalue weighted by Gasteiger charge is 2.15. The zero-order chi connectivity index (χ0) is 15.1. The van der Waals surface area contributed by atoms with Crippen molar-refractivity contribution in [2.24, 2.45) is 4.99 Å². The highest BCUT2D eigenvalue weighted by atomic mass is 16.5. The average Bonchev–Trinajstić information content (AvgIpc) is 3.01. The molecular formula is C17H27N3O. The molecule has 0 saturated carbocycles. The third-order valence-electron chi connectivity index (χ3n) is 3.97. The van der Waals surface area contributed by atoms with Gasteiger partial charge in [-0.3, -0.25) is 4.99 Å². The van der Waals surface area contributed by atoms with Crippen molar-refractivity contribution in [3.63, 3.8) is 0 Å². The van der Waals surface area contributed by atoms with Crippen LogP contribution in [0.5, 0.6) is 0 Å². The fraction of sp³-hybridized carbons (Fsp3) is 0.588. The van der Waals surface area contributed by atoms with Crippen molar-refractivity contribution in [2.45, 2.75) is 38.7 Å². The Morgan fingerprint density at radius 1 is 1.33 bits per heavy atom. The number of aryl methyl sites for hydroxylation is 1. The first-order valence-corrected chi connectivity index (χ1v) is 7.81. The van der Waals surface area contributed by atoms with Gasteiger partial charge in [0, 0.05) is 26.7 Å². The van der Waals surface area contributed by atoms with E-state index < -0.39 is 0 Å². The number of benzene rings is 1. The highest BCUT2D eigenvalue weighted by molar-refractivity contribution is 5.79. The fourth-order valence-corrected chi connectivity index (χ4v) is 2.50. The van der Waals surface area contributed by atoms with Crippen molar-refractivity contribution in [2.75, 3.05) is 26.7 Å². The van der Waals surface area contributed by atoms with Crippen molar-refractivity contribution < 1.29 is 4.74 Å². The van der Waals surface area contributed by atoms with Gasteiger partial charge in [-0.25, -0.2) is 0 Å². The van der Waals surface area contributed by atoms with Crippen molar-refractivity contribution in [3.05, 3.63) is 35.4 Å². The van der Waals surface area contributed by atoms with Crippen LogP contribution in [0.3, 0.4) is 0 Å². The van der Waals surface area contributed by atoms with Crippen LogP contribution in [0, 0.1) is 6.92 Å². The molecule has 0 amide bonds. The number of rotatable bonds is 5. The van der Waals surface area contributed by atoms with Crippen LogP contribution >= 0.6 is 0 Å². The lowest BCUT2D eigenvalue weighted by Crippen LogP contribution is -2.42. The second kappa shape index (κ2) is 8.03. The second-order valence-corrected chi connectivity index (χ2v) is 5.78. The molecule has 4 nitrogen and oxygen atoms in total. The van der Waals surface area contributed by atoms with Crippen LogP contribution in [0.1, 0.15) is 36.8 Å². The Balaban J connectivity index is 1.75. The van der Waals surface area contributed by atoms with E-state index in [-0.39, 0.29) is 0 Å². The molecule has 1 aromatic carbocycles. The van der Waals surface area contributed by atoms with E-state index in [1.165, 1.54) is 17.5 Å².